The lowest BCUT2D eigenvalue weighted by molar-refractivity contribution is -0.140. The summed E-state index contributed by atoms with van der Waals surface area (Å²) in [5.41, 5.74) is 3.21. The summed E-state index contributed by atoms with van der Waals surface area (Å²) in [4.78, 5) is 39.0. The third-order valence-corrected chi connectivity index (χ3v) is 5.68. The molecule has 1 aliphatic rings. The number of carbonyl (C=O) groups excluding carboxylic acids is 3. The van der Waals surface area contributed by atoms with Gasteiger partial charge in [0.1, 0.15) is 13.2 Å². The van der Waals surface area contributed by atoms with Gasteiger partial charge in [-0.25, -0.2) is 9.59 Å². The second kappa shape index (κ2) is 13.0. The number of hydrogen-bond acceptors (Lipinski definition) is 8. The first-order valence-corrected chi connectivity index (χ1v) is 11.7. The number of nitrogens with zero attached hydrogens (tertiary/aromatic N) is 1. The predicted octanol–water partition coefficient (Wildman–Crippen LogP) is 3.82. The number of dihydropyridines is 1. The lowest BCUT2D eigenvalue weighted by Gasteiger charge is -2.31. The quantitative estimate of drug-likeness (QED) is 0.370. The summed E-state index contributed by atoms with van der Waals surface area (Å²) in [5, 5.41) is 14.6. The van der Waals surface area contributed by atoms with Crippen molar-refractivity contribution in [2.75, 3.05) is 32.2 Å². The van der Waals surface area contributed by atoms with E-state index in [2.05, 4.69) is 10.6 Å². The number of benzene rings is 2. The zero-order valence-electron chi connectivity index (χ0n) is 21.0. The monoisotopic (exact) mass is 503 g/mol. The number of amides is 1. The van der Waals surface area contributed by atoms with E-state index < -0.39 is 23.8 Å². The van der Waals surface area contributed by atoms with Crippen LogP contribution in [0, 0.1) is 11.3 Å². The maximum Gasteiger partial charge on any atom is 0.338 e. The average molecular weight is 504 g/mol. The van der Waals surface area contributed by atoms with Gasteiger partial charge in [0.15, 0.2) is 0 Å². The number of allylic oxidation sites excluding steroid dienone is 2. The lowest BCUT2D eigenvalue weighted by atomic mass is 9.80. The number of rotatable bonds is 10. The first-order valence-electron chi connectivity index (χ1n) is 11.7. The fourth-order valence-corrected chi connectivity index (χ4v) is 4.03. The number of ether oxygens (including phenoxy) is 3. The Labute approximate surface area is 215 Å². The number of anilines is 1. The molecule has 1 amide bonds. The number of hydrogen-bond donors (Lipinski definition) is 2. The minimum absolute atomic E-state index is 0.0165. The summed E-state index contributed by atoms with van der Waals surface area (Å²) >= 11 is 0. The van der Waals surface area contributed by atoms with E-state index in [-0.39, 0.29) is 31.8 Å². The molecule has 2 aromatic carbocycles. The van der Waals surface area contributed by atoms with E-state index in [0.29, 0.717) is 28.2 Å². The maximum absolute atomic E-state index is 13.6. The summed E-state index contributed by atoms with van der Waals surface area (Å²) in [5.74, 6) is -2.26. The minimum atomic E-state index is -0.684. The van der Waals surface area contributed by atoms with E-state index in [9.17, 15) is 14.4 Å². The normalized spacial score (nSPS) is 14.9. The fraction of sp³-hybridized carbons (Fsp3) is 0.286. The Morgan fingerprint density at radius 1 is 0.919 bits per heavy atom. The van der Waals surface area contributed by atoms with Crippen LogP contribution in [-0.2, 0) is 23.8 Å². The van der Waals surface area contributed by atoms with Crippen LogP contribution in [0.5, 0.6) is 0 Å². The number of carbonyl (C=O) groups is 3. The van der Waals surface area contributed by atoms with Crippen LogP contribution in [0.15, 0.2) is 77.1 Å². The number of methoxy groups -OCH3 is 1. The van der Waals surface area contributed by atoms with Crippen LogP contribution in [0.2, 0.25) is 0 Å². The Balaban J connectivity index is 1.92. The molecule has 0 fully saturated rings. The minimum Gasteiger partial charge on any atom is -0.461 e. The maximum atomic E-state index is 13.6. The second-order valence-corrected chi connectivity index (χ2v) is 8.25. The van der Waals surface area contributed by atoms with E-state index in [1.807, 2.05) is 36.4 Å². The van der Waals surface area contributed by atoms with E-state index in [1.165, 1.54) is 13.2 Å². The van der Waals surface area contributed by atoms with Crippen molar-refractivity contribution in [3.05, 3.63) is 88.3 Å². The molecule has 0 saturated carbocycles. The first-order chi connectivity index (χ1) is 17.9. The van der Waals surface area contributed by atoms with E-state index in [4.69, 9.17) is 19.5 Å². The molecule has 0 radical (unpaired) electrons. The Hall–Kier alpha value is -4.42. The molecular weight excluding hydrogens is 474 g/mol. The Morgan fingerprint density at radius 3 is 2.32 bits per heavy atom. The SMILES string of the molecule is COCCOC(=O)C1=C(C)NC(C)=C(C(=O)Nc2cccc(C(=O)OCCC#N)c2)[C@@H]1c1ccccc1. The summed E-state index contributed by atoms with van der Waals surface area (Å²) < 4.78 is 15.5. The number of esters is 2. The highest BCUT2D eigenvalue weighted by molar-refractivity contribution is 6.08. The average Bonchev–Trinajstić information content (AvgIpc) is 2.89. The molecule has 0 unspecified atom stereocenters. The topological polar surface area (TPSA) is 127 Å². The van der Waals surface area contributed by atoms with Crippen LogP contribution < -0.4 is 10.6 Å². The van der Waals surface area contributed by atoms with Gasteiger partial charge in [0, 0.05) is 29.8 Å². The fourth-order valence-electron chi connectivity index (χ4n) is 4.03. The smallest absolute Gasteiger partial charge is 0.338 e. The Bertz CT molecular complexity index is 1260. The molecule has 2 aromatic rings. The van der Waals surface area contributed by atoms with Gasteiger partial charge < -0.3 is 24.8 Å². The van der Waals surface area contributed by atoms with Crippen LogP contribution in [0.3, 0.4) is 0 Å². The Morgan fingerprint density at radius 2 is 1.62 bits per heavy atom. The van der Waals surface area contributed by atoms with Gasteiger partial charge in [-0.15, -0.1) is 0 Å². The first kappa shape index (κ1) is 27.2. The molecule has 0 bridgehead atoms. The van der Waals surface area contributed by atoms with Crippen LogP contribution in [-0.4, -0.2) is 44.8 Å². The van der Waals surface area contributed by atoms with Crippen molar-refractivity contribution < 1.29 is 28.6 Å². The van der Waals surface area contributed by atoms with Crippen LogP contribution in [0.1, 0.15) is 42.1 Å². The van der Waals surface area contributed by atoms with E-state index >= 15 is 0 Å². The molecule has 2 N–H and O–H groups in total. The zero-order valence-corrected chi connectivity index (χ0v) is 21.0. The second-order valence-electron chi connectivity index (χ2n) is 8.25. The summed E-state index contributed by atoms with van der Waals surface area (Å²) in [6.45, 7) is 3.85. The zero-order chi connectivity index (χ0) is 26.8. The third kappa shape index (κ3) is 6.84. The van der Waals surface area contributed by atoms with Gasteiger partial charge in [-0.2, -0.15) is 5.26 Å². The molecule has 1 aliphatic heterocycles. The van der Waals surface area contributed by atoms with Gasteiger partial charge in [0.2, 0.25) is 0 Å². The standard InChI is InChI=1S/C28H29N3O6/c1-18-23(26(32)31-22-12-7-11-21(17-22)27(33)36-14-8-13-29)25(20-9-5-4-6-10-20)24(19(2)30-18)28(34)37-16-15-35-3/h4-7,9-12,17,25,30H,8,14-16H2,1-3H3,(H,31,32)/t25-/m0/s1. The van der Waals surface area contributed by atoms with E-state index in [1.54, 1.807) is 32.0 Å². The van der Waals surface area contributed by atoms with Crippen LogP contribution >= 0.6 is 0 Å². The molecule has 1 heterocycles. The van der Waals surface area contributed by atoms with Crippen molar-refractivity contribution in [3.8, 4) is 6.07 Å². The van der Waals surface area contributed by atoms with Crippen molar-refractivity contribution in [1.29, 1.82) is 5.26 Å². The molecule has 37 heavy (non-hydrogen) atoms. The lowest BCUT2D eigenvalue weighted by Crippen LogP contribution is -2.34. The van der Waals surface area contributed by atoms with Gasteiger partial charge in [0.25, 0.3) is 5.91 Å². The van der Waals surface area contributed by atoms with Crippen molar-refractivity contribution in [3.63, 3.8) is 0 Å². The van der Waals surface area contributed by atoms with Gasteiger partial charge in [0.05, 0.1) is 36.2 Å². The molecule has 9 nitrogen and oxygen atoms in total. The molecular formula is C28H29N3O6. The third-order valence-electron chi connectivity index (χ3n) is 5.68. The number of nitrogens with one attached hydrogen (secondary N) is 2. The molecule has 0 saturated heterocycles. The highest BCUT2D eigenvalue weighted by atomic mass is 16.6. The number of nitriles is 1. The summed E-state index contributed by atoms with van der Waals surface area (Å²) in [6, 6.07) is 17.5. The van der Waals surface area contributed by atoms with E-state index in [0.717, 1.165) is 5.56 Å². The predicted molar refractivity (Wildman–Crippen MR) is 136 cm³/mol. The summed E-state index contributed by atoms with van der Waals surface area (Å²) in [7, 11) is 1.52. The van der Waals surface area contributed by atoms with Crippen molar-refractivity contribution >= 4 is 23.5 Å². The van der Waals surface area contributed by atoms with Gasteiger partial charge in [-0.1, -0.05) is 36.4 Å². The van der Waals surface area contributed by atoms with Crippen molar-refractivity contribution in [2.45, 2.75) is 26.2 Å². The molecule has 9 heteroatoms. The highest BCUT2D eigenvalue weighted by Gasteiger charge is 2.37. The van der Waals surface area contributed by atoms with Gasteiger partial charge >= 0.3 is 11.9 Å². The molecule has 1 atom stereocenters. The van der Waals surface area contributed by atoms with Crippen molar-refractivity contribution in [1.82, 2.24) is 5.32 Å². The van der Waals surface area contributed by atoms with Crippen molar-refractivity contribution in [2.24, 2.45) is 0 Å². The molecule has 0 aliphatic carbocycles. The van der Waals surface area contributed by atoms with Gasteiger partial charge in [-0.05, 0) is 37.6 Å². The Kier molecular flexibility index (Phi) is 9.58. The largest absolute Gasteiger partial charge is 0.461 e. The molecule has 192 valence electrons. The highest BCUT2D eigenvalue weighted by Crippen LogP contribution is 2.39. The molecule has 3 rings (SSSR count). The van der Waals surface area contributed by atoms with Crippen LogP contribution in [0.25, 0.3) is 0 Å². The molecule has 0 spiro atoms. The van der Waals surface area contributed by atoms with Crippen LogP contribution in [0.4, 0.5) is 5.69 Å². The summed E-state index contributed by atoms with van der Waals surface area (Å²) in [6.07, 6.45) is 0.0899. The van der Waals surface area contributed by atoms with Gasteiger partial charge in [-0.3, -0.25) is 4.79 Å². The molecule has 0 aromatic heterocycles.